The zero-order chi connectivity index (χ0) is 12.1. The van der Waals surface area contributed by atoms with Crippen LogP contribution in [0.2, 0.25) is 0 Å². The highest BCUT2D eigenvalue weighted by Crippen LogP contribution is 2.27. The number of hydrogen-bond donors (Lipinski definition) is 2. The van der Waals surface area contributed by atoms with Gasteiger partial charge in [-0.15, -0.1) is 17.9 Å². The number of thiazole rings is 1. The predicted octanol–water partition coefficient (Wildman–Crippen LogP) is 2.79. The Morgan fingerprint density at radius 3 is 3.12 bits per heavy atom. The van der Waals surface area contributed by atoms with E-state index >= 15 is 0 Å². The van der Waals surface area contributed by atoms with Gasteiger partial charge in [-0.05, 0) is 12.1 Å². The third-order valence-electron chi connectivity index (χ3n) is 1.91. The summed E-state index contributed by atoms with van der Waals surface area (Å²) in [5.41, 5.74) is 0.952. The molecule has 0 atom stereocenters. The lowest BCUT2D eigenvalue weighted by Crippen LogP contribution is -2.31. The first-order chi connectivity index (χ1) is 8.29. The van der Waals surface area contributed by atoms with Gasteiger partial charge in [0.05, 0.1) is 10.2 Å². The van der Waals surface area contributed by atoms with Crippen LogP contribution in [-0.2, 0) is 0 Å². The first-order valence-corrected chi connectivity index (χ1v) is 6.60. The molecule has 88 valence electrons. The quantitative estimate of drug-likeness (QED) is 0.660. The number of hydrogen-bond acceptors (Lipinski definition) is 4. The highest BCUT2D eigenvalue weighted by atomic mass is 32.2. The number of para-hydroxylation sites is 1. The number of nitrogens with one attached hydrogen (secondary N) is 2. The number of fused-ring (bicyclic) bond motifs is 1. The smallest absolute Gasteiger partial charge is 0.325 e. The fourth-order valence-electron chi connectivity index (χ4n) is 1.19. The Balaban J connectivity index is 1.94. The van der Waals surface area contributed by atoms with Gasteiger partial charge in [-0.2, -0.15) is 0 Å². The van der Waals surface area contributed by atoms with Gasteiger partial charge in [0, 0.05) is 18.5 Å². The molecule has 0 aliphatic rings. The lowest BCUT2D eigenvalue weighted by atomic mass is 10.3. The molecule has 2 N–H and O–H groups in total. The van der Waals surface area contributed by atoms with Crippen LogP contribution in [0.4, 0.5) is 4.79 Å². The number of carbonyl (C=O) groups is 1. The van der Waals surface area contributed by atoms with Gasteiger partial charge >= 0.3 is 6.03 Å². The molecule has 0 fully saturated rings. The molecule has 17 heavy (non-hydrogen) atoms. The van der Waals surface area contributed by atoms with Gasteiger partial charge in [0.2, 0.25) is 0 Å². The Kier molecular flexibility index (Phi) is 4.00. The molecule has 1 aromatic carbocycles. The Morgan fingerprint density at radius 2 is 2.35 bits per heavy atom. The van der Waals surface area contributed by atoms with Gasteiger partial charge in [-0.1, -0.05) is 18.2 Å². The molecule has 0 aliphatic carbocycles. The van der Waals surface area contributed by atoms with Crippen molar-refractivity contribution in [3.05, 3.63) is 36.9 Å². The van der Waals surface area contributed by atoms with E-state index in [0.29, 0.717) is 6.54 Å². The Morgan fingerprint density at radius 1 is 1.53 bits per heavy atom. The molecule has 2 amide bonds. The second-order valence-electron chi connectivity index (χ2n) is 3.15. The van der Waals surface area contributed by atoms with Crippen molar-refractivity contribution in [2.45, 2.75) is 4.34 Å². The van der Waals surface area contributed by atoms with E-state index in [9.17, 15) is 4.79 Å². The van der Waals surface area contributed by atoms with E-state index < -0.39 is 0 Å². The summed E-state index contributed by atoms with van der Waals surface area (Å²) in [4.78, 5) is 15.7. The summed E-state index contributed by atoms with van der Waals surface area (Å²) in [6.45, 7) is 3.97. The maximum Gasteiger partial charge on any atom is 0.325 e. The molecule has 1 heterocycles. The van der Waals surface area contributed by atoms with Crippen LogP contribution in [0.25, 0.3) is 10.2 Å². The summed E-state index contributed by atoms with van der Waals surface area (Å²) in [6.07, 6.45) is 1.63. The summed E-state index contributed by atoms with van der Waals surface area (Å²) < 4.78 is 4.60. The number of urea groups is 1. The van der Waals surface area contributed by atoms with E-state index in [-0.39, 0.29) is 6.03 Å². The van der Waals surface area contributed by atoms with Crippen molar-refractivity contribution >= 4 is 39.5 Å². The molecule has 6 heteroatoms. The molecule has 4 nitrogen and oxygen atoms in total. The van der Waals surface area contributed by atoms with E-state index in [1.54, 1.807) is 17.4 Å². The van der Waals surface area contributed by atoms with E-state index in [4.69, 9.17) is 0 Å². The third-order valence-corrected chi connectivity index (χ3v) is 3.80. The summed E-state index contributed by atoms with van der Waals surface area (Å²) in [5, 5.41) is 2.62. The lowest BCUT2D eigenvalue weighted by molar-refractivity contribution is 0.247. The van der Waals surface area contributed by atoms with Crippen LogP contribution >= 0.6 is 23.3 Å². The monoisotopic (exact) mass is 265 g/mol. The Labute approximate surface area is 107 Å². The van der Waals surface area contributed by atoms with Crippen molar-refractivity contribution in [1.29, 1.82) is 0 Å². The minimum Gasteiger partial charge on any atom is -0.334 e. The van der Waals surface area contributed by atoms with Crippen molar-refractivity contribution in [1.82, 2.24) is 15.0 Å². The van der Waals surface area contributed by atoms with Gasteiger partial charge in [0.15, 0.2) is 4.34 Å². The summed E-state index contributed by atoms with van der Waals surface area (Å²) in [7, 11) is 0. The summed E-state index contributed by atoms with van der Waals surface area (Å²) in [6, 6.07) is 7.64. The minimum atomic E-state index is -0.242. The zero-order valence-corrected chi connectivity index (χ0v) is 10.6. The van der Waals surface area contributed by atoms with Gasteiger partial charge in [-0.25, -0.2) is 9.78 Å². The number of carbonyl (C=O) groups excluding carboxylic acids is 1. The summed E-state index contributed by atoms with van der Waals surface area (Å²) in [5.74, 6) is 0. The summed E-state index contributed by atoms with van der Waals surface area (Å²) >= 11 is 2.77. The van der Waals surface area contributed by atoms with E-state index in [0.717, 1.165) is 14.6 Å². The first-order valence-electron chi connectivity index (χ1n) is 4.97. The predicted molar refractivity (Wildman–Crippen MR) is 72.2 cm³/mol. The number of aromatic nitrogens is 1. The van der Waals surface area contributed by atoms with Crippen molar-refractivity contribution in [2.24, 2.45) is 0 Å². The number of amides is 2. The topological polar surface area (TPSA) is 54.0 Å². The highest BCUT2D eigenvalue weighted by Gasteiger charge is 2.05. The van der Waals surface area contributed by atoms with Crippen LogP contribution in [0.5, 0.6) is 0 Å². The molecule has 2 aromatic rings. The van der Waals surface area contributed by atoms with Crippen molar-refractivity contribution < 1.29 is 4.79 Å². The van der Waals surface area contributed by atoms with Gasteiger partial charge < -0.3 is 5.32 Å². The van der Waals surface area contributed by atoms with Crippen LogP contribution in [0, 0.1) is 0 Å². The molecule has 0 spiro atoms. The van der Waals surface area contributed by atoms with Crippen molar-refractivity contribution in [3.8, 4) is 0 Å². The molecule has 0 saturated heterocycles. The van der Waals surface area contributed by atoms with E-state index in [1.165, 1.54) is 11.9 Å². The van der Waals surface area contributed by atoms with Gasteiger partial charge in [0.1, 0.15) is 0 Å². The second-order valence-corrected chi connectivity index (χ2v) is 5.23. The van der Waals surface area contributed by atoms with Crippen LogP contribution in [-0.4, -0.2) is 17.6 Å². The normalized spacial score (nSPS) is 10.1. The van der Waals surface area contributed by atoms with Crippen molar-refractivity contribution in [2.75, 3.05) is 6.54 Å². The molecule has 1 aromatic heterocycles. The van der Waals surface area contributed by atoms with Gasteiger partial charge in [0.25, 0.3) is 0 Å². The lowest BCUT2D eigenvalue weighted by Gasteiger charge is -2.01. The zero-order valence-electron chi connectivity index (χ0n) is 8.97. The largest absolute Gasteiger partial charge is 0.334 e. The maximum atomic E-state index is 11.3. The van der Waals surface area contributed by atoms with Gasteiger partial charge in [-0.3, -0.25) is 4.72 Å². The molecular formula is C11H11N3OS2. The molecule has 2 rings (SSSR count). The standard InChI is InChI=1S/C11H11N3OS2/c1-2-7-12-10(15)14-17-11-13-8-5-3-4-6-9(8)16-11/h2-6H,1,7H2,(H2,12,14,15). The fraction of sp³-hybridized carbons (Fsp3) is 0.0909. The number of rotatable bonds is 4. The van der Waals surface area contributed by atoms with Crippen molar-refractivity contribution in [3.63, 3.8) is 0 Å². The third kappa shape index (κ3) is 3.21. The maximum absolute atomic E-state index is 11.3. The second kappa shape index (κ2) is 5.70. The minimum absolute atomic E-state index is 0.242. The highest BCUT2D eigenvalue weighted by molar-refractivity contribution is 7.99. The average molecular weight is 265 g/mol. The molecule has 0 radical (unpaired) electrons. The molecule has 0 saturated carbocycles. The molecule has 0 unspecified atom stereocenters. The Bertz CT molecular complexity index is 505. The molecule has 0 aliphatic heterocycles. The molecule has 0 bridgehead atoms. The first kappa shape index (κ1) is 11.9. The number of benzene rings is 1. The SMILES string of the molecule is C=CCNC(=O)NSc1nc2ccccc2s1. The fourth-order valence-corrected chi connectivity index (χ4v) is 2.84. The molecular weight excluding hydrogens is 254 g/mol. The van der Waals surface area contributed by atoms with Crippen LogP contribution in [0.15, 0.2) is 41.3 Å². The van der Waals surface area contributed by atoms with Crippen LogP contribution < -0.4 is 10.0 Å². The average Bonchev–Trinajstić information content (AvgIpc) is 2.76. The Hall–Kier alpha value is -1.53. The van der Waals surface area contributed by atoms with Crippen LogP contribution in [0.1, 0.15) is 0 Å². The van der Waals surface area contributed by atoms with E-state index in [2.05, 4.69) is 21.6 Å². The van der Waals surface area contributed by atoms with E-state index in [1.807, 2.05) is 24.3 Å². The number of nitrogens with zero attached hydrogens (tertiary/aromatic N) is 1. The van der Waals surface area contributed by atoms with Crippen LogP contribution in [0.3, 0.4) is 0 Å².